The van der Waals surface area contributed by atoms with Crippen molar-refractivity contribution >= 4 is 34.9 Å². The maximum Gasteiger partial charge on any atom is 0.416 e. The van der Waals surface area contributed by atoms with Crippen LogP contribution >= 0.6 is 0 Å². The molecule has 2 amide bonds. The maximum atomic E-state index is 13.0. The van der Waals surface area contributed by atoms with E-state index in [1.165, 1.54) is 37.7 Å². The van der Waals surface area contributed by atoms with Crippen LogP contribution in [0.2, 0.25) is 0 Å². The molecule has 1 unspecified atom stereocenters. The molecule has 1 aromatic carbocycles. The maximum absolute atomic E-state index is 13.0. The van der Waals surface area contributed by atoms with Crippen LogP contribution in [0.25, 0.3) is 0 Å². The number of esters is 1. The number of anilines is 2. The number of rotatable bonds is 4. The molecule has 0 saturated carbocycles. The second-order valence-corrected chi connectivity index (χ2v) is 7.03. The van der Waals surface area contributed by atoms with E-state index in [1.54, 1.807) is 0 Å². The van der Waals surface area contributed by atoms with Gasteiger partial charge in [0.25, 0.3) is 5.91 Å². The molecule has 0 spiro atoms. The molecule has 1 N–H and O–H groups in total. The summed E-state index contributed by atoms with van der Waals surface area (Å²) in [4.78, 5) is 49.6. The predicted octanol–water partition coefficient (Wildman–Crippen LogP) is 2.78. The van der Waals surface area contributed by atoms with Crippen molar-refractivity contribution in [3.63, 3.8) is 0 Å². The molecule has 0 radical (unpaired) electrons. The van der Waals surface area contributed by atoms with Gasteiger partial charge in [-0.3, -0.25) is 19.3 Å². The summed E-state index contributed by atoms with van der Waals surface area (Å²) in [6.45, 7) is 2.17. The highest BCUT2D eigenvalue weighted by Crippen LogP contribution is 2.37. The molecule has 1 atom stereocenters. The van der Waals surface area contributed by atoms with E-state index in [0.29, 0.717) is 0 Å². The third-order valence-electron chi connectivity index (χ3n) is 4.71. The highest BCUT2D eigenvalue weighted by Gasteiger charge is 2.36. The zero-order valence-corrected chi connectivity index (χ0v) is 16.7. The summed E-state index contributed by atoms with van der Waals surface area (Å²) in [5.41, 5.74) is -0.776. The SMILES string of the molecule is CC(=O)c1cc(C(=O)OC(C)C(=O)N2CC(=O)Nc3cc(C(F)(F)F)ccc32)n(C)c1. The van der Waals surface area contributed by atoms with Crippen LogP contribution in [0.5, 0.6) is 0 Å². The minimum atomic E-state index is -4.62. The van der Waals surface area contributed by atoms with Crippen molar-refractivity contribution in [2.45, 2.75) is 26.1 Å². The summed E-state index contributed by atoms with van der Waals surface area (Å²) in [5, 5.41) is 2.31. The van der Waals surface area contributed by atoms with E-state index in [0.717, 1.165) is 23.1 Å². The lowest BCUT2D eigenvalue weighted by Crippen LogP contribution is -2.47. The third kappa shape index (κ3) is 4.44. The lowest BCUT2D eigenvalue weighted by atomic mass is 10.1. The van der Waals surface area contributed by atoms with Crippen LogP contribution in [-0.2, 0) is 27.5 Å². The van der Waals surface area contributed by atoms with Gasteiger partial charge in [0.05, 0.1) is 16.9 Å². The molecule has 2 heterocycles. The number of ketones is 1. The van der Waals surface area contributed by atoms with Crippen molar-refractivity contribution in [2.75, 3.05) is 16.8 Å². The Hall–Kier alpha value is -3.63. The molecule has 1 aromatic heterocycles. The molecular formula is C20H18F3N3O5. The van der Waals surface area contributed by atoms with E-state index in [9.17, 15) is 32.3 Å². The van der Waals surface area contributed by atoms with Crippen molar-refractivity contribution in [3.05, 3.63) is 47.3 Å². The smallest absolute Gasteiger partial charge is 0.416 e. The van der Waals surface area contributed by atoms with Gasteiger partial charge in [-0.15, -0.1) is 0 Å². The average Bonchev–Trinajstić information content (AvgIpc) is 3.07. The molecule has 8 nitrogen and oxygen atoms in total. The Kier molecular flexibility index (Phi) is 5.62. The molecule has 164 valence electrons. The highest BCUT2D eigenvalue weighted by molar-refractivity contribution is 6.11. The van der Waals surface area contributed by atoms with Crippen LogP contribution in [0.1, 0.15) is 40.3 Å². The molecule has 0 saturated heterocycles. The molecule has 2 aromatic rings. The van der Waals surface area contributed by atoms with Gasteiger partial charge in [0.1, 0.15) is 12.2 Å². The van der Waals surface area contributed by atoms with Gasteiger partial charge in [0.2, 0.25) is 5.91 Å². The van der Waals surface area contributed by atoms with Gasteiger partial charge < -0.3 is 14.6 Å². The fourth-order valence-electron chi connectivity index (χ4n) is 3.11. The normalized spacial score (nSPS) is 14.5. The molecule has 11 heteroatoms. The second kappa shape index (κ2) is 7.89. The van der Waals surface area contributed by atoms with Gasteiger partial charge >= 0.3 is 12.1 Å². The molecular weight excluding hydrogens is 419 g/mol. The first-order valence-electron chi connectivity index (χ1n) is 9.09. The number of hydrogen-bond donors (Lipinski definition) is 1. The number of carbonyl (C=O) groups is 4. The number of amides is 2. The average molecular weight is 437 g/mol. The Morgan fingerprint density at radius 3 is 2.45 bits per heavy atom. The van der Waals surface area contributed by atoms with Crippen LogP contribution in [0, 0.1) is 0 Å². The van der Waals surface area contributed by atoms with Crippen molar-refractivity contribution in [3.8, 4) is 0 Å². The van der Waals surface area contributed by atoms with E-state index in [1.807, 2.05) is 0 Å². The summed E-state index contributed by atoms with van der Waals surface area (Å²) in [6.07, 6.45) is -4.53. The topological polar surface area (TPSA) is 97.7 Å². The van der Waals surface area contributed by atoms with Crippen molar-refractivity contribution in [1.82, 2.24) is 4.57 Å². The van der Waals surface area contributed by atoms with Crippen molar-refractivity contribution in [1.29, 1.82) is 0 Å². The first-order chi connectivity index (χ1) is 14.4. The van der Waals surface area contributed by atoms with Crippen LogP contribution in [0.3, 0.4) is 0 Å². The van der Waals surface area contributed by atoms with Crippen LogP contribution in [0.15, 0.2) is 30.5 Å². The number of alkyl halides is 3. The fraction of sp³-hybridized carbons (Fsp3) is 0.300. The number of halogens is 3. The lowest BCUT2D eigenvalue weighted by Gasteiger charge is -2.31. The summed E-state index contributed by atoms with van der Waals surface area (Å²) >= 11 is 0. The van der Waals surface area contributed by atoms with Gasteiger partial charge in [-0.25, -0.2) is 4.79 Å². The van der Waals surface area contributed by atoms with E-state index in [2.05, 4.69) is 5.32 Å². The molecule has 0 aliphatic carbocycles. The minimum Gasteiger partial charge on any atom is -0.448 e. The first-order valence-corrected chi connectivity index (χ1v) is 9.09. The molecule has 0 bridgehead atoms. The minimum absolute atomic E-state index is 0.0384. The second-order valence-electron chi connectivity index (χ2n) is 7.03. The van der Waals surface area contributed by atoms with Gasteiger partial charge in [0.15, 0.2) is 11.9 Å². The largest absolute Gasteiger partial charge is 0.448 e. The van der Waals surface area contributed by atoms with Gasteiger partial charge in [-0.05, 0) is 38.1 Å². The number of ether oxygens (including phenoxy) is 1. The van der Waals surface area contributed by atoms with Crippen molar-refractivity contribution < 1.29 is 37.1 Å². The zero-order chi connectivity index (χ0) is 23.1. The van der Waals surface area contributed by atoms with E-state index < -0.39 is 42.2 Å². The first kappa shape index (κ1) is 22.1. The number of nitrogens with one attached hydrogen (secondary N) is 1. The number of nitrogens with zero attached hydrogens (tertiary/aromatic N) is 2. The molecule has 31 heavy (non-hydrogen) atoms. The number of hydrogen-bond acceptors (Lipinski definition) is 5. The molecule has 3 rings (SSSR count). The Labute approximate surface area is 174 Å². The number of aromatic nitrogens is 1. The van der Waals surface area contributed by atoms with Gasteiger partial charge in [-0.2, -0.15) is 13.2 Å². The number of aryl methyl sites for hydroxylation is 1. The van der Waals surface area contributed by atoms with Crippen LogP contribution in [0.4, 0.5) is 24.5 Å². The number of carbonyl (C=O) groups excluding carboxylic acids is 4. The number of benzene rings is 1. The van der Waals surface area contributed by atoms with E-state index >= 15 is 0 Å². The zero-order valence-electron chi connectivity index (χ0n) is 16.7. The third-order valence-corrected chi connectivity index (χ3v) is 4.71. The summed E-state index contributed by atoms with van der Waals surface area (Å²) in [6, 6.07) is 3.92. The van der Waals surface area contributed by atoms with E-state index in [4.69, 9.17) is 4.74 Å². The Balaban J connectivity index is 1.82. The Morgan fingerprint density at radius 1 is 1.19 bits per heavy atom. The number of fused-ring (bicyclic) bond motifs is 1. The summed E-state index contributed by atoms with van der Waals surface area (Å²) in [5.74, 6) is -2.60. The monoisotopic (exact) mass is 437 g/mol. The van der Waals surface area contributed by atoms with Crippen LogP contribution in [-0.4, -0.2) is 40.8 Å². The van der Waals surface area contributed by atoms with Crippen molar-refractivity contribution in [2.24, 2.45) is 7.05 Å². The Bertz CT molecular complexity index is 1090. The van der Waals surface area contributed by atoms with Gasteiger partial charge in [-0.1, -0.05) is 0 Å². The Morgan fingerprint density at radius 2 is 1.87 bits per heavy atom. The van der Waals surface area contributed by atoms with Crippen LogP contribution < -0.4 is 10.2 Å². The standard InChI is InChI=1S/C20H18F3N3O5/c1-10(27)12-6-16(25(3)8-12)19(30)31-11(2)18(29)26-9-17(28)24-14-7-13(20(21,22)23)4-5-15(14)26/h4-8,11H,9H2,1-3H3,(H,24,28). The fourth-order valence-corrected chi connectivity index (χ4v) is 3.11. The van der Waals surface area contributed by atoms with E-state index in [-0.39, 0.29) is 28.4 Å². The quantitative estimate of drug-likeness (QED) is 0.586. The molecule has 0 fully saturated rings. The summed E-state index contributed by atoms with van der Waals surface area (Å²) < 4.78 is 45.4. The highest BCUT2D eigenvalue weighted by atomic mass is 19.4. The number of Topliss-reactive ketones (excluding diaryl/α,β-unsaturated/α-hetero) is 1. The predicted molar refractivity (Wildman–Crippen MR) is 103 cm³/mol. The molecule has 1 aliphatic rings. The van der Waals surface area contributed by atoms with Gasteiger partial charge in [0, 0.05) is 18.8 Å². The lowest BCUT2D eigenvalue weighted by molar-refractivity contribution is -0.137. The summed E-state index contributed by atoms with van der Waals surface area (Å²) in [7, 11) is 1.53. The molecule has 1 aliphatic heterocycles.